The first-order valence-corrected chi connectivity index (χ1v) is 11.6. The quantitative estimate of drug-likeness (QED) is 0.218. The predicted octanol–water partition coefficient (Wildman–Crippen LogP) is 2.43. The van der Waals surface area contributed by atoms with Gasteiger partial charge in [-0.1, -0.05) is 12.1 Å². The van der Waals surface area contributed by atoms with Crippen LogP contribution in [0.5, 0.6) is 0 Å². The number of nitrogens with zero attached hydrogens (tertiary/aromatic N) is 4. The van der Waals surface area contributed by atoms with Crippen molar-refractivity contribution in [3.05, 3.63) is 48.3 Å². The van der Waals surface area contributed by atoms with Crippen molar-refractivity contribution < 1.29 is 8.42 Å². The Morgan fingerprint density at radius 2 is 1.90 bits per heavy atom. The summed E-state index contributed by atoms with van der Waals surface area (Å²) in [5.41, 5.74) is 0.971. The van der Waals surface area contributed by atoms with E-state index in [1.807, 2.05) is 36.0 Å². The third-order valence-corrected chi connectivity index (χ3v) is 6.72. The number of aromatic nitrogens is 2. The van der Waals surface area contributed by atoms with Gasteiger partial charge in [-0.15, -0.1) is 24.0 Å². The molecule has 166 valence electrons. The molecular formula is C20H31IN6O2S. The van der Waals surface area contributed by atoms with Crippen LogP contribution in [-0.4, -0.2) is 54.6 Å². The van der Waals surface area contributed by atoms with Crippen molar-refractivity contribution in [3.63, 3.8) is 0 Å². The molecule has 0 unspecified atom stereocenters. The van der Waals surface area contributed by atoms with Gasteiger partial charge in [0.25, 0.3) is 0 Å². The number of hydrogen-bond donors (Lipinski definition) is 2. The molecule has 0 spiro atoms. The van der Waals surface area contributed by atoms with E-state index in [4.69, 9.17) is 0 Å². The van der Waals surface area contributed by atoms with Crippen LogP contribution in [0.15, 0.2) is 52.6 Å². The molecule has 10 heteroatoms. The van der Waals surface area contributed by atoms with Gasteiger partial charge in [-0.2, -0.15) is 9.40 Å². The highest BCUT2D eigenvalue weighted by atomic mass is 127. The van der Waals surface area contributed by atoms with Gasteiger partial charge in [0.15, 0.2) is 5.96 Å². The van der Waals surface area contributed by atoms with Gasteiger partial charge >= 0.3 is 0 Å². The second kappa shape index (κ2) is 12.3. The van der Waals surface area contributed by atoms with Crippen molar-refractivity contribution in [3.8, 4) is 0 Å². The molecule has 0 saturated carbocycles. The van der Waals surface area contributed by atoms with Crippen LogP contribution in [0, 0.1) is 0 Å². The fraction of sp³-hybridized carbons (Fsp3) is 0.500. The van der Waals surface area contributed by atoms with E-state index in [0.29, 0.717) is 24.5 Å². The zero-order valence-corrected chi connectivity index (χ0v) is 20.5. The van der Waals surface area contributed by atoms with Gasteiger partial charge in [0.1, 0.15) is 0 Å². The number of halogens is 1. The van der Waals surface area contributed by atoms with Crippen LogP contribution in [0.25, 0.3) is 0 Å². The first kappa shape index (κ1) is 24.6. The minimum absolute atomic E-state index is 0. The van der Waals surface area contributed by atoms with E-state index < -0.39 is 10.0 Å². The first-order valence-electron chi connectivity index (χ1n) is 10.2. The van der Waals surface area contributed by atoms with Crippen LogP contribution < -0.4 is 10.6 Å². The zero-order chi connectivity index (χ0) is 20.5. The molecule has 0 aliphatic carbocycles. The molecule has 2 N–H and O–H groups in total. The van der Waals surface area contributed by atoms with E-state index in [2.05, 4.69) is 20.7 Å². The molecule has 1 aliphatic rings. The summed E-state index contributed by atoms with van der Waals surface area (Å²) in [4.78, 5) is 4.96. The van der Waals surface area contributed by atoms with Crippen LogP contribution in [0.2, 0.25) is 0 Å². The number of nitrogens with one attached hydrogen (secondary N) is 2. The Bertz CT molecular complexity index is 879. The standard InChI is InChI=1S/C20H30N6O2S.HI/c1-2-21-20(22-11-5-13-25-14-6-12-24-25)23-17-18-7-9-19(10-8-18)29(27,28)26-15-3-4-16-26;/h6-10,12,14H,2-5,11,13,15-17H2,1H3,(H2,21,22,23);1H. The van der Waals surface area contributed by atoms with Crippen molar-refractivity contribution in [2.75, 3.05) is 26.2 Å². The average molecular weight is 546 g/mol. The molecule has 2 aromatic rings. The highest BCUT2D eigenvalue weighted by Gasteiger charge is 2.26. The van der Waals surface area contributed by atoms with Crippen molar-refractivity contribution in [2.45, 2.75) is 44.2 Å². The smallest absolute Gasteiger partial charge is 0.243 e. The van der Waals surface area contributed by atoms with Crippen LogP contribution in [0.1, 0.15) is 31.7 Å². The topological polar surface area (TPSA) is 91.6 Å². The van der Waals surface area contributed by atoms with Gasteiger partial charge in [0.05, 0.1) is 11.4 Å². The Kier molecular flexibility index (Phi) is 10.1. The molecule has 0 amide bonds. The second-order valence-corrected chi connectivity index (χ2v) is 8.94. The Morgan fingerprint density at radius 1 is 1.17 bits per heavy atom. The first-order chi connectivity index (χ1) is 14.1. The van der Waals surface area contributed by atoms with E-state index in [0.717, 1.165) is 50.4 Å². The lowest BCUT2D eigenvalue weighted by Crippen LogP contribution is -2.38. The van der Waals surface area contributed by atoms with Crippen LogP contribution in [-0.2, 0) is 23.1 Å². The maximum Gasteiger partial charge on any atom is 0.243 e. The van der Waals surface area contributed by atoms with Crippen molar-refractivity contribution in [1.29, 1.82) is 0 Å². The minimum atomic E-state index is -3.36. The number of aryl methyl sites for hydroxylation is 1. The number of hydrogen-bond acceptors (Lipinski definition) is 4. The molecule has 2 heterocycles. The number of rotatable bonds is 9. The molecular weight excluding hydrogens is 515 g/mol. The Labute approximate surface area is 196 Å². The fourth-order valence-electron chi connectivity index (χ4n) is 3.24. The number of benzene rings is 1. The summed E-state index contributed by atoms with van der Waals surface area (Å²) >= 11 is 0. The molecule has 30 heavy (non-hydrogen) atoms. The second-order valence-electron chi connectivity index (χ2n) is 7.00. The summed E-state index contributed by atoms with van der Waals surface area (Å²) in [7, 11) is -3.36. The van der Waals surface area contributed by atoms with Gasteiger partial charge in [0.2, 0.25) is 10.0 Å². The monoisotopic (exact) mass is 546 g/mol. The fourth-order valence-corrected chi connectivity index (χ4v) is 4.75. The molecule has 3 rings (SSSR count). The van der Waals surface area contributed by atoms with Gasteiger partial charge in [-0.3, -0.25) is 4.68 Å². The third-order valence-electron chi connectivity index (χ3n) is 4.81. The maximum atomic E-state index is 12.6. The lowest BCUT2D eigenvalue weighted by Gasteiger charge is -2.15. The van der Waals surface area contributed by atoms with Gasteiger partial charge < -0.3 is 10.6 Å². The van der Waals surface area contributed by atoms with Crippen LogP contribution in [0.4, 0.5) is 0 Å². The Balaban J connectivity index is 0.00000320. The van der Waals surface area contributed by atoms with E-state index >= 15 is 0 Å². The molecule has 1 aromatic carbocycles. The number of guanidine groups is 1. The lowest BCUT2D eigenvalue weighted by atomic mass is 10.2. The van der Waals surface area contributed by atoms with Gasteiger partial charge in [-0.25, -0.2) is 13.4 Å². The molecule has 8 nitrogen and oxygen atoms in total. The molecule has 0 radical (unpaired) electrons. The van der Waals surface area contributed by atoms with Crippen LogP contribution in [0.3, 0.4) is 0 Å². The van der Waals surface area contributed by atoms with Crippen molar-refractivity contribution in [1.82, 2.24) is 24.7 Å². The summed E-state index contributed by atoms with van der Waals surface area (Å²) < 4.78 is 28.7. The van der Waals surface area contributed by atoms with E-state index in [1.54, 1.807) is 22.6 Å². The lowest BCUT2D eigenvalue weighted by molar-refractivity contribution is 0.477. The summed E-state index contributed by atoms with van der Waals surface area (Å²) in [5, 5.41) is 10.7. The minimum Gasteiger partial charge on any atom is -0.357 e. The van der Waals surface area contributed by atoms with Crippen LogP contribution >= 0.6 is 24.0 Å². The number of sulfonamides is 1. The highest BCUT2D eigenvalue weighted by Crippen LogP contribution is 2.21. The van der Waals surface area contributed by atoms with Crippen molar-refractivity contribution in [2.24, 2.45) is 4.99 Å². The summed E-state index contributed by atoms with van der Waals surface area (Å²) in [6.07, 6.45) is 6.55. The zero-order valence-electron chi connectivity index (χ0n) is 17.3. The van der Waals surface area contributed by atoms with E-state index in [9.17, 15) is 8.42 Å². The molecule has 1 aromatic heterocycles. The molecule has 0 atom stereocenters. The predicted molar refractivity (Wildman–Crippen MR) is 130 cm³/mol. The summed E-state index contributed by atoms with van der Waals surface area (Å²) in [6.45, 7) is 6.17. The Hall–Kier alpha value is -1.66. The third kappa shape index (κ3) is 6.95. The normalized spacial score (nSPS) is 15.0. The van der Waals surface area contributed by atoms with E-state index in [1.165, 1.54) is 0 Å². The summed E-state index contributed by atoms with van der Waals surface area (Å²) in [5.74, 6) is 0.752. The highest BCUT2D eigenvalue weighted by molar-refractivity contribution is 14.0. The van der Waals surface area contributed by atoms with Gasteiger partial charge in [0, 0.05) is 45.1 Å². The molecule has 1 saturated heterocycles. The molecule has 0 bridgehead atoms. The largest absolute Gasteiger partial charge is 0.357 e. The molecule has 1 aliphatic heterocycles. The Morgan fingerprint density at radius 3 is 2.53 bits per heavy atom. The average Bonchev–Trinajstić information content (AvgIpc) is 3.44. The van der Waals surface area contributed by atoms with Gasteiger partial charge in [-0.05, 0) is 49.9 Å². The SMILES string of the molecule is CCNC(=NCc1ccc(S(=O)(=O)N2CCCC2)cc1)NCCCn1cccn1.I. The maximum absolute atomic E-state index is 12.6. The van der Waals surface area contributed by atoms with E-state index in [-0.39, 0.29) is 24.0 Å². The molecule has 1 fully saturated rings. The number of aliphatic imine (C=N–C) groups is 1. The summed E-state index contributed by atoms with van der Waals surface area (Å²) in [6, 6.07) is 8.97. The van der Waals surface area contributed by atoms with Crippen molar-refractivity contribution >= 4 is 40.0 Å².